The molecule has 0 bridgehead atoms. The van der Waals surface area contributed by atoms with E-state index in [2.05, 4.69) is 5.32 Å². The van der Waals surface area contributed by atoms with Gasteiger partial charge in [-0.3, -0.25) is 9.59 Å². The van der Waals surface area contributed by atoms with Crippen LogP contribution in [0.15, 0.2) is 35.7 Å². The van der Waals surface area contributed by atoms with Crippen molar-refractivity contribution in [3.8, 4) is 0 Å². The van der Waals surface area contributed by atoms with Gasteiger partial charge in [-0.1, -0.05) is 17.7 Å². The largest absolute Gasteiger partial charge is 0.453 e. The van der Waals surface area contributed by atoms with Gasteiger partial charge in [0.15, 0.2) is 15.9 Å². The molecule has 0 unspecified atom stereocenters. The summed E-state index contributed by atoms with van der Waals surface area (Å²) in [4.78, 5) is 23.7. The van der Waals surface area contributed by atoms with Gasteiger partial charge in [0.1, 0.15) is 0 Å². The third kappa shape index (κ3) is 5.37. The lowest BCUT2D eigenvalue weighted by Crippen LogP contribution is -2.30. The Balaban J connectivity index is 1.82. The zero-order valence-corrected chi connectivity index (χ0v) is 13.9. The molecule has 0 saturated carbocycles. The van der Waals surface area contributed by atoms with Crippen molar-refractivity contribution >= 4 is 39.0 Å². The molecule has 0 fully saturated rings. The molecule has 1 aliphatic rings. The van der Waals surface area contributed by atoms with Gasteiger partial charge in [0, 0.05) is 22.0 Å². The van der Waals surface area contributed by atoms with E-state index in [9.17, 15) is 18.0 Å². The van der Waals surface area contributed by atoms with E-state index in [-0.39, 0.29) is 12.2 Å². The van der Waals surface area contributed by atoms with E-state index in [1.165, 1.54) is 13.0 Å². The Bertz CT molecular complexity index is 727. The molecule has 2 atom stereocenters. The third-order valence-corrected chi connectivity index (χ3v) is 4.94. The smallest absolute Gasteiger partial charge is 0.307 e. The van der Waals surface area contributed by atoms with Crippen LogP contribution < -0.4 is 5.32 Å². The number of halogens is 1. The molecule has 124 valence electrons. The summed E-state index contributed by atoms with van der Waals surface area (Å²) < 4.78 is 27.6. The molecule has 1 N–H and O–H groups in total. The lowest BCUT2D eigenvalue weighted by molar-refractivity contribution is -0.153. The van der Waals surface area contributed by atoms with Crippen LogP contribution >= 0.6 is 11.6 Å². The first kappa shape index (κ1) is 17.5. The minimum absolute atomic E-state index is 0.0751. The number of esters is 1. The molecule has 1 aromatic carbocycles. The molecule has 0 radical (unpaired) electrons. The average Bonchev–Trinajstić information content (AvgIpc) is 2.80. The van der Waals surface area contributed by atoms with Crippen LogP contribution in [-0.4, -0.2) is 32.2 Å². The van der Waals surface area contributed by atoms with Crippen molar-refractivity contribution in [1.82, 2.24) is 0 Å². The molecule has 0 aliphatic carbocycles. The van der Waals surface area contributed by atoms with E-state index in [0.29, 0.717) is 10.7 Å². The highest BCUT2D eigenvalue weighted by molar-refractivity contribution is 7.94. The van der Waals surface area contributed by atoms with Crippen molar-refractivity contribution < 1.29 is 22.7 Å². The van der Waals surface area contributed by atoms with Crippen LogP contribution in [0.25, 0.3) is 0 Å². The zero-order valence-electron chi connectivity index (χ0n) is 12.4. The van der Waals surface area contributed by atoms with Gasteiger partial charge in [0.25, 0.3) is 5.91 Å². The van der Waals surface area contributed by atoms with Crippen molar-refractivity contribution in [3.05, 3.63) is 40.8 Å². The van der Waals surface area contributed by atoms with Crippen LogP contribution in [0.4, 0.5) is 5.69 Å². The average molecular weight is 358 g/mol. The van der Waals surface area contributed by atoms with Crippen LogP contribution in [-0.2, 0) is 24.2 Å². The minimum Gasteiger partial charge on any atom is -0.453 e. The molecule has 1 aromatic rings. The molecule has 1 amide bonds. The van der Waals surface area contributed by atoms with Gasteiger partial charge in [-0.15, -0.1) is 0 Å². The van der Waals surface area contributed by atoms with Crippen LogP contribution in [0.3, 0.4) is 0 Å². The summed E-state index contributed by atoms with van der Waals surface area (Å²) in [5.41, 5.74) is 0.534. The van der Waals surface area contributed by atoms with E-state index in [4.69, 9.17) is 16.3 Å². The zero-order chi connectivity index (χ0) is 17.0. The second-order valence-corrected chi connectivity index (χ2v) is 7.62. The number of hydrogen-bond donors (Lipinski definition) is 1. The quantitative estimate of drug-likeness (QED) is 0.815. The Kier molecular flexibility index (Phi) is 5.43. The van der Waals surface area contributed by atoms with Crippen molar-refractivity contribution in [3.63, 3.8) is 0 Å². The topological polar surface area (TPSA) is 89.5 Å². The fraction of sp³-hybridized carbons (Fsp3) is 0.333. The predicted octanol–water partition coefficient (Wildman–Crippen LogP) is 2.16. The summed E-state index contributed by atoms with van der Waals surface area (Å²) in [5.74, 6) is -1.60. The number of rotatable bonds is 5. The van der Waals surface area contributed by atoms with E-state index in [1.54, 1.807) is 24.3 Å². The summed E-state index contributed by atoms with van der Waals surface area (Å²) >= 11 is 5.75. The molecule has 8 heteroatoms. The standard InChI is InChI=1S/C15H16ClNO5S/c1-10(15(19)17-13-4-2-12(16)3-5-13)22-14(18)8-11-6-7-23(20,21)9-11/h2-7,10-11H,8-9H2,1H3,(H,17,19)/t10-,11-/m1/s1. The lowest BCUT2D eigenvalue weighted by atomic mass is 10.1. The molecule has 23 heavy (non-hydrogen) atoms. The van der Waals surface area contributed by atoms with E-state index in [1.807, 2.05) is 0 Å². The number of nitrogens with one attached hydrogen (secondary N) is 1. The molecule has 1 aliphatic heterocycles. The number of carbonyl (C=O) groups excluding carboxylic acids is 2. The van der Waals surface area contributed by atoms with Crippen LogP contribution in [0.2, 0.25) is 5.02 Å². The van der Waals surface area contributed by atoms with Gasteiger partial charge in [-0.05, 0) is 31.2 Å². The van der Waals surface area contributed by atoms with E-state index >= 15 is 0 Å². The Morgan fingerprint density at radius 1 is 1.35 bits per heavy atom. The van der Waals surface area contributed by atoms with Gasteiger partial charge in [-0.25, -0.2) is 8.42 Å². The Morgan fingerprint density at radius 3 is 2.57 bits per heavy atom. The molecular weight excluding hydrogens is 342 g/mol. The number of allylic oxidation sites excluding steroid dienone is 1. The summed E-state index contributed by atoms with van der Waals surface area (Å²) in [5, 5.41) is 4.24. The first-order valence-electron chi connectivity index (χ1n) is 6.92. The summed E-state index contributed by atoms with van der Waals surface area (Å²) in [6.07, 6.45) is 0.406. The molecule has 6 nitrogen and oxygen atoms in total. The molecule has 0 aromatic heterocycles. The van der Waals surface area contributed by atoms with Crippen LogP contribution in [0, 0.1) is 5.92 Å². The molecule has 0 saturated heterocycles. The molecular formula is C15H16ClNO5S. The molecule has 0 spiro atoms. The normalized spacial score (nSPS) is 20.0. The van der Waals surface area contributed by atoms with Crippen molar-refractivity contribution in [1.29, 1.82) is 0 Å². The Morgan fingerprint density at radius 2 is 2.00 bits per heavy atom. The summed E-state index contributed by atoms with van der Waals surface area (Å²) in [6, 6.07) is 6.51. The third-order valence-electron chi connectivity index (χ3n) is 3.22. The monoisotopic (exact) mass is 357 g/mol. The first-order chi connectivity index (χ1) is 10.7. The van der Waals surface area contributed by atoms with Crippen LogP contribution in [0.1, 0.15) is 13.3 Å². The highest BCUT2D eigenvalue weighted by Gasteiger charge is 2.26. The maximum atomic E-state index is 11.9. The second-order valence-electron chi connectivity index (χ2n) is 5.25. The number of carbonyl (C=O) groups is 2. The van der Waals surface area contributed by atoms with Gasteiger partial charge in [0.2, 0.25) is 0 Å². The van der Waals surface area contributed by atoms with Gasteiger partial charge < -0.3 is 10.1 Å². The number of anilines is 1. The summed E-state index contributed by atoms with van der Waals surface area (Å²) in [7, 11) is -3.21. The SMILES string of the molecule is C[C@@H](OC(=O)C[C@H]1C=CS(=O)(=O)C1)C(=O)Nc1ccc(Cl)cc1. The Labute approximate surface area is 139 Å². The second kappa shape index (κ2) is 7.14. The predicted molar refractivity (Wildman–Crippen MR) is 86.7 cm³/mol. The highest BCUT2D eigenvalue weighted by atomic mass is 35.5. The fourth-order valence-electron chi connectivity index (χ4n) is 2.06. The molecule has 2 rings (SSSR count). The van der Waals surface area contributed by atoms with Gasteiger partial charge in [0.05, 0.1) is 12.2 Å². The Hall–Kier alpha value is -1.86. The van der Waals surface area contributed by atoms with E-state index < -0.39 is 33.7 Å². The minimum atomic E-state index is -3.21. The van der Waals surface area contributed by atoms with E-state index in [0.717, 1.165) is 5.41 Å². The highest BCUT2D eigenvalue weighted by Crippen LogP contribution is 2.19. The lowest BCUT2D eigenvalue weighted by Gasteiger charge is -2.14. The van der Waals surface area contributed by atoms with Crippen molar-refractivity contribution in [2.75, 3.05) is 11.1 Å². The summed E-state index contributed by atoms with van der Waals surface area (Å²) in [6.45, 7) is 1.45. The number of sulfone groups is 1. The maximum Gasteiger partial charge on any atom is 0.307 e. The fourth-order valence-corrected chi connectivity index (χ4v) is 3.58. The number of hydrogen-bond acceptors (Lipinski definition) is 5. The van der Waals surface area contributed by atoms with Crippen molar-refractivity contribution in [2.24, 2.45) is 5.92 Å². The van der Waals surface area contributed by atoms with Crippen molar-refractivity contribution in [2.45, 2.75) is 19.4 Å². The first-order valence-corrected chi connectivity index (χ1v) is 9.01. The molecule has 1 heterocycles. The number of benzene rings is 1. The van der Waals surface area contributed by atoms with Gasteiger partial charge >= 0.3 is 5.97 Å². The van der Waals surface area contributed by atoms with Gasteiger partial charge in [-0.2, -0.15) is 0 Å². The van der Waals surface area contributed by atoms with Crippen LogP contribution in [0.5, 0.6) is 0 Å². The maximum absolute atomic E-state index is 11.9. The number of ether oxygens (including phenoxy) is 1. The number of amides is 1.